The molecule has 0 atom stereocenters. The molecule has 0 unspecified atom stereocenters. The molecule has 3 N–H and O–H groups in total. The minimum absolute atomic E-state index is 0.547. The van der Waals surface area contributed by atoms with Gasteiger partial charge in [0.1, 0.15) is 5.82 Å². The van der Waals surface area contributed by atoms with Crippen molar-refractivity contribution in [3.05, 3.63) is 11.5 Å². The molecule has 1 saturated carbocycles. The van der Waals surface area contributed by atoms with Gasteiger partial charge in [-0.1, -0.05) is 30.6 Å². The van der Waals surface area contributed by atoms with E-state index in [0.717, 1.165) is 22.2 Å². The zero-order valence-corrected chi connectivity index (χ0v) is 11.3. The summed E-state index contributed by atoms with van der Waals surface area (Å²) in [6, 6.07) is 0. The summed E-state index contributed by atoms with van der Waals surface area (Å²) in [6.45, 7) is 1.94. The van der Waals surface area contributed by atoms with Gasteiger partial charge in [0.05, 0.1) is 10.6 Å². The van der Waals surface area contributed by atoms with Crippen molar-refractivity contribution in [2.75, 3.05) is 5.73 Å². The number of rotatable bonds is 2. The SMILES string of the molecule is Cc1nc(N)sc1-c1n[nH]c(C2CCCCC2)n1. The van der Waals surface area contributed by atoms with Crippen molar-refractivity contribution in [2.24, 2.45) is 0 Å². The van der Waals surface area contributed by atoms with Gasteiger partial charge in [-0.25, -0.2) is 9.97 Å². The van der Waals surface area contributed by atoms with Crippen LogP contribution in [-0.2, 0) is 0 Å². The van der Waals surface area contributed by atoms with Crippen LogP contribution < -0.4 is 5.73 Å². The van der Waals surface area contributed by atoms with Gasteiger partial charge in [0.2, 0.25) is 0 Å². The molecular weight excluding hydrogens is 246 g/mol. The van der Waals surface area contributed by atoms with Crippen LogP contribution in [-0.4, -0.2) is 20.2 Å². The van der Waals surface area contributed by atoms with Crippen LogP contribution in [0.1, 0.15) is 49.5 Å². The molecule has 0 aliphatic heterocycles. The Morgan fingerprint density at radius 1 is 1.22 bits per heavy atom. The van der Waals surface area contributed by atoms with Crippen molar-refractivity contribution in [2.45, 2.75) is 44.9 Å². The molecule has 3 rings (SSSR count). The maximum Gasteiger partial charge on any atom is 0.193 e. The molecule has 2 heterocycles. The first kappa shape index (κ1) is 11.6. The summed E-state index contributed by atoms with van der Waals surface area (Å²) in [4.78, 5) is 9.82. The Bertz CT molecular complexity index is 538. The van der Waals surface area contributed by atoms with Crippen molar-refractivity contribution in [3.63, 3.8) is 0 Å². The van der Waals surface area contributed by atoms with Crippen LogP contribution in [0.5, 0.6) is 0 Å². The molecule has 0 spiro atoms. The smallest absolute Gasteiger partial charge is 0.193 e. The normalized spacial score (nSPS) is 17.2. The van der Waals surface area contributed by atoms with Crippen molar-refractivity contribution < 1.29 is 0 Å². The fourth-order valence-electron chi connectivity index (χ4n) is 2.56. The van der Waals surface area contributed by atoms with E-state index < -0.39 is 0 Å². The number of anilines is 1. The van der Waals surface area contributed by atoms with Gasteiger partial charge in [0.25, 0.3) is 0 Å². The minimum atomic E-state index is 0.547. The summed E-state index contributed by atoms with van der Waals surface area (Å²) >= 11 is 1.45. The number of aromatic nitrogens is 4. The van der Waals surface area contributed by atoms with Crippen LogP contribution in [0, 0.1) is 6.92 Å². The Morgan fingerprint density at radius 3 is 2.67 bits per heavy atom. The molecule has 96 valence electrons. The largest absolute Gasteiger partial charge is 0.375 e. The summed E-state index contributed by atoms with van der Waals surface area (Å²) in [6.07, 6.45) is 6.39. The van der Waals surface area contributed by atoms with Crippen molar-refractivity contribution in [3.8, 4) is 10.7 Å². The van der Waals surface area contributed by atoms with Crippen molar-refractivity contribution in [1.29, 1.82) is 0 Å². The second-order valence-corrected chi connectivity index (χ2v) is 5.88. The van der Waals surface area contributed by atoms with E-state index in [0.29, 0.717) is 11.0 Å². The van der Waals surface area contributed by atoms with Crippen molar-refractivity contribution >= 4 is 16.5 Å². The molecule has 1 aliphatic carbocycles. The van der Waals surface area contributed by atoms with Gasteiger partial charge in [-0.05, 0) is 19.8 Å². The zero-order chi connectivity index (χ0) is 12.5. The van der Waals surface area contributed by atoms with Crippen LogP contribution in [0.15, 0.2) is 0 Å². The van der Waals surface area contributed by atoms with Crippen LogP contribution in [0.25, 0.3) is 10.7 Å². The maximum absolute atomic E-state index is 5.71. The Balaban J connectivity index is 1.86. The number of nitrogens with two attached hydrogens (primary N) is 1. The van der Waals surface area contributed by atoms with Crippen LogP contribution in [0.4, 0.5) is 5.13 Å². The van der Waals surface area contributed by atoms with Gasteiger partial charge < -0.3 is 5.73 Å². The molecule has 1 fully saturated rings. The highest BCUT2D eigenvalue weighted by Crippen LogP contribution is 2.33. The number of nitrogens with one attached hydrogen (secondary N) is 1. The summed E-state index contributed by atoms with van der Waals surface area (Å²) < 4.78 is 0. The van der Waals surface area contributed by atoms with E-state index in [9.17, 15) is 0 Å². The first-order valence-corrected chi connectivity index (χ1v) is 7.21. The van der Waals surface area contributed by atoms with Gasteiger partial charge >= 0.3 is 0 Å². The average molecular weight is 263 g/mol. The molecule has 2 aromatic rings. The predicted octanol–water partition coefficient (Wildman–Crippen LogP) is 2.87. The lowest BCUT2D eigenvalue weighted by atomic mass is 9.89. The molecule has 5 nitrogen and oxygen atoms in total. The molecular formula is C12H17N5S. The van der Waals surface area contributed by atoms with Crippen molar-refractivity contribution in [1.82, 2.24) is 20.2 Å². The predicted molar refractivity (Wildman–Crippen MR) is 72.5 cm³/mol. The van der Waals surface area contributed by atoms with E-state index in [1.54, 1.807) is 0 Å². The van der Waals surface area contributed by atoms with E-state index in [2.05, 4.69) is 20.2 Å². The third-order valence-corrected chi connectivity index (χ3v) is 4.49. The van der Waals surface area contributed by atoms with Gasteiger partial charge in [-0.3, -0.25) is 5.10 Å². The molecule has 6 heteroatoms. The maximum atomic E-state index is 5.71. The summed E-state index contributed by atoms with van der Waals surface area (Å²) in [7, 11) is 0. The fourth-order valence-corrected chi connectivity index (χ4v) is 3.33. The summed E-state index contributed by atoms with van der Waals surface area (Å²) in [5.41, 5.74) is 6.62. The second kappa shape index (κ2) is 4.68. The lowest BCUT2D eigenvalue weighted by Crippen LogP contribution is -2.06. The lowest BCUT2D eigenvalue weighted by Gasteiger charge is -2.18. The van der Waals surface area contributed by atoms with Crippen LogP contribution in [0.2, 0.25) is 0 Å². The average Bonchev–Trinajstić information content (AvgIpc) is 2.97. The van der Waals surface area contributed by atoms with Gasteiger partial charge in [0, 0.05) is 5.92 Å². The van der Waals surface area contributed by atoms with E-state index in [1.807, 2.05) is 6.92 Å². The van der Waals surface area contributed by atoms with E-state index >= 15 is 0 Å². The van der Waals surface area contributed by atoms with E-state index in [4.69, 9.17) is 5.73 Å². The van der Waals surface area contributed by atoms with Gasteiger partial charge in [-0.2, -0.15) is 5.10 Å². The Kier molecular flexibility index (Phi) is 3.03. The quantitative estimate of drug-likeness (QED) is 0.873. The first-order chi connectivity index (χ1) is 8.74. The number of thiazole rings is 1. The van der Waals surface area contributed by atoms with E-state index in [1.165, 1.54) is 43.4 Å². The minimum Gasteiger partial charge on any atom is -0.375 e. The van der Waals surface area contributed by atoms with Gasteiger partial charge in [0.15, 0.2) is 11.0 Å². The highest BCUT2D eigenvalue weighted by molar-refractivity contribution is 7.18. The Hall–Kier alpha value is -1.43. The Labute approximate surface area is 110 Å². The lowest BCUT2D eigenvalue weighted by molar-refractivity contribution is 0.429. The molecule has 0 saturated heterocycles. The molecule has 0 radical (unpaired) electrons. The summed E-state index contributed by atoms with van der Waals surface area (Å²) in [5, 5.41) is 7.98. The summed E-state index contributed by atoms with van der Waals surface area (Å²) in [5.74, 6) is 2.31. The number of hydrogen-bond acceptors (Lipinski definition) is 5. The molecule has 0 amide bonds. The monoisotopic (exact) mass is 263 g/mol. The standard InChI is InChI=1S/C12H17N5S/c1-7-9(18-12(13)14-7)11-15-10(16-17-11)8-5-3-2-4-6-8/h8H,2-6H2,1H3,(H2,13,14)(H,15,16,17). The zero-order valence-electron chi connectivity index (χ0n) is 10.4. The molecule has 18 heavy (non-hydrogen) atoms. The number of nitrogens with zero attached hydrogens (tertiary/aromatic N) is 3. The molecule has 0 aromatic carbocycles. The third-order valence-electron chi connectivity index (χ3n) is 3.51. The topological polar surface area (TPSA) is 80.5 Å². The molecule has 1 aliphatic rings. The van der Waals surface area contributed by atoms with Gasteiger partial charge in [-0.15, -0.1) is 0 Å². The number of hydrogen-bond donors (Lipinski definition) is 2. The number of H-pyrrole nitrogens is 1. The van der Waals surface area contributed by atoms with Crippen LogP contribution >= 0.6 is 11.3 Å². The highest BCUT2D eigenvalue weighted by atomic mass is 32.1. The molecule has 0 bridgehead atoms. The number of nitrogen functional groups attached to an aromatic ring is 1. The number of aromatic amines is 1. The Morgan fingerprint density at radius 2 is 2.00 bits per heavy atom. The third kappa shape index (κ3) is 2.12. The first-order valence-electron chi connectivity index (χ1n) is 6.39. The molecule has 2 aromatic heterocycles. The highest BCUT2D eigenvalue weighted by Gasteiger charge is 2.20. The van der Waals surface area contributed by atoms with E-state index in [-0.39, 0.29) is 0 Å². The fraction of sp³-hybridized carbons (Fsp3) is 0.583. The van der Waals surface area contributed by atoms with Crippen LogP contribution in [0.3, 0.4) is 0 Å². The second-order valence-electron chi connectivity index (χ2n) is 4.85. The number of aryl methyl sites for hydroxylation is 1.